The SMILES string of the molecule is COc1ccc(CNC(=O)Cc2csc(CN)n2)cc1. The number of amides is 1. The van der Waals surface area contributed by atoms with Gasteiger partial charge in [0.2, 0.25) is 5.91 Å². The topological polar surface area (TPSA) is 77.2 Å². The number of hydrogen-bond acceptors (Lipinski definition) is 5. The third-order valence-corrected chi connectivity index (χ3v) is 3.68. The van der Waals surface area contributed by atoms with Crippen LogP contribution >= 0.6 is 11.3 Å². The molecule has 2 aromatic rings. The molecule has 106 valence electrons. The van der Waals surface area contributed by atoms with Crippen molar-refractivity contribution in [2.75, 3.05) is 7.11 Å². The van der Waals surface area contributed by atoms with Crippen molar-refractivity contribution >= 4 is 17.2 Å². The molecule has 0 saturated carbocycles. The molecule has 0 unspecified atom stereocenters. The minimum Gasteiger partial charge on any atom is -0.497 e. The van der Waals surface area contributed by atoms with Gasteiger partial charge in [-0.3, -0.25) is 4.79 Å². The molecule has 0 atom stereocenters. The van der Waals surface area contributed by atoms with Gasteiger partial charge in [0.05, 0.1) is 19.2 Å². The van der Waals surface area contributed by atoms with E-state index in [0.717, 1.165) is 22.0 Å². The molecule has 1 aromatic heterocycles. The lowest BCUT2D eigenvalue weighted by Crippen LogP contribution is -2.24. The van der Waals surface area contributed by atoms with Gasteiger partial charge >= 0.3 is 0 Å². The van der Waals surface area contributed by atoms with Crippen LogP contribution in [0.2, 0.25) is 0 Å². The smallest absolute Gasteiger partial charge is 0.226 e. The van der Waals surface area contributed by atoms with Crippen LogP contribution in [0, 0.1) is 0 Å². The van der Waals surface area contributed by atoms with Crippen LogP contribution < -0.4 is 15.8 Å². The molecule has 0 aliphatic rings. The lowest BCUT2D eigenvalue weighted by Gasteiger charge is -2.05. The molecule has 1 amide bonds. The fourth-order valence-electron chi connectivity index (χ4n) is 1.69. The summed E-state index contributed by atoms with van der Waals surface area (Å²) < 4.78 is 5.08. The molecule has 0 fully saturated rings. The highest BCUT2D eigenvalue weighted by molar-refractivity contribution is 7.09. The summed E-state index contributed by atoms with van der Waals surface area (Å²) in [5.41, 5.74) is 7.28. The number of nitrogens with zero attached hydrogens (tertiary/aromatic N) is 1. The normalized spacial score (nSPS) is 10.3. The Morgan fingerprint density at radius 3 is 2.75 bits per heavy atom. The molecule has 0 spiro atoms. The number of thiazole rings is 1. The van der Waals surface area contributed by atoms with Gasteiger partial charge < -0.3 is 15.8 Å². The number of aromatic nitrogens is 1. The number of benzene rings is 1. The maximum absolute atomic E-state index is 11.8. The van der Waals surface area contributed by atoms with Crippen molar-refractivity contribution in [1.29, 1.82) is 0 Å². The van der Waals surface area contributed by atoms with Crippen LogP contribution in [-0.2, 0) is 24.3 Å². The van der Waals surface area contributed by atoms with Gasteiger partial charge in [-0.25, -0.2) is 4.98 Å². The first-order valence-electron chi connectivity index (χ1n) is 6.24. The standard InChI is InChI=1S/C14H17N3O2S/c1-19-12-4-2-10(3-5-12)8-16-13(18)6-11-9-20-14(7-15)17-11/h2-5,9H,6-8,15H2,1H3,(H,16,18). The van der Waals surface area contributed by atoms with E-state index in [1.807, 2.05) is 29.6 Å². The van der Waals surface area contributed by atoms with Crippen LogP contribution in [0.25, 0.3) is 0 Å². The molecular formula is C14H17N3O2S. The molecule has 0 aliphatic heterocycles. The fourth-order valence-corrected chi connectivity index (χ4v) is 2.37. The number of ether oxygens (including phenoxy) is 1. The Bertz CT molecular complexity index is 566. The quantitative estimate of drug-likeness (QED) is 0.845. The Kier molecular flexibility index (Phi) is 5.09. The second-order valence-electron chi connectivity index (χ2n) is 4.24. The van der Waals surface area contributed by atoms with Gasteiger partial charge in [0.15, 0.2) is 0 Å². The van der Waals surface area contributed by atoms with Crippen LogP contribution in [-0.4, -0.2) is 18.0 Å². The lowest BCUT2D eigenvalue weighted by atomic mass is 10.2. The van der Waals surface area contributed by atoms with E-state index < -0.39 is 0 Å². The van der Waals surface area contributed by atoms with Gasteiger partial charge in [-0.15, -0.1) is 11.3 Å². The second-order valence-corrected chi connectivity index (χ2v) is 5.18. The maximum Gasteiger partial charge on any atom is 0.226 e. The van der Waals surface area contributed by atoms with Crippen molar-refractivity contribution in [1.82, 2.24) is 10.3 Å². The Balaban J connectivity index is 1.82. The van der Waals surface area contributed by atoms with Crippen molar-refractivity contribution < 1.29 is 9.53 Å². The van der Waals surface area contributed by atoms with Crippen molar-refractivity contribution in [2.24, 2.45) is 5.73 Å². The van der Waals surface area contributed by atoms with Crippen molar-refractivity contribution in [3.05, 3.63) is 45.9 Å². The first kappa shape index (κ1) is 14.5. The molecule has 0 saturated heterocycles. The lowest BCUT2D eigenvalue weighted by molar-refractivity contribution is -0.120. The summed E-state index contributed by atoms with van der Waals surface area (Å²) >= 11 is 1.48. The van der Waals surface area contributed by atoms with E-state index in [0.29, 0.717) is 13.1 Å². The van der Waals surface area contributed by atoms with E-state index in [4.69, 9.17) is 10.5 Å². The highest BCUT2D eigenvalue weighted by Gasteiger charge is 2.07. The van der Waals surface area contributed by atoms with Crippen LogP contribution in [0.1, 0.15) is 16.3 Å². The summed E-state index contributed by atoms with van der Waals surface area (Å²) in [5, 5.41) is 5.59. The zero-order chi connectivity index (χ0) is 14.4. The molecule has 0 bridgehead atoms. The average molecular weight is 291 g/mol. The number of nitrogens with two attached hydrogens (primary N) is 1. The number of methoxy groups -OCH3 is 1. The monoisotopic (exact) mass is 291 g/mol. The molecule has 6 heteroatoms. The van der Waals surface area contributed by atoms with Gasteiger partial charge in [-0.05, 0) is 17.7 Å². The molecule has 20 heavy (non-hydrogen) atoms. The van der Waals surface area contributed by atoms with Gasteiger partial charge in [-0.2, -0.15) is 0 Å². The number of hydrogen-bond donors (Lipinski definition) is 2. The molecule has 1 heterocycles. The van der Waals surface area contributed by atoms with Crippen LogP contribution in [0.15, 0.2) is 29.6 Å². The molecule has 2 rings (SSSR count). The molecular weight excluding hydrogens is 274 g/mol. The third-order valence-electron chi connectivity index (χ3n) is 2.76. The minimum absolute atomic E-state index is 0.0466. The number of rotatable bonds is 6. The largest absolute Gasteiger partial charge is 0.497 e. The summed E-state index contributed by atoms with van der Waals surface area (Å²) in [6.07, 6.45) is 0.284. The van der Waals surface area contributed by atoms with Crippen LogP contribution in [0.4, 0.5) is 0 Å². The van der Waals surface area contributed by atoms with Crippen molar-refractivity contribution in [3.8, 4) is 5.75 Å². The summed E-state index contributed by atoms with van der Waals surface area (Å²) in [5.74, 6) is 0.756. The Morgan fingerprint density at radius 1 is 1.40 bits per heavy atom. The average Bonchev–Trinajstić information content (AvgIpc) is 2.93. The summed E-state index contributed by atoms with van der Waals surface area (Å²) in [6, 6.07) is 7.59. The van der Waals surface area contributed by atoms with Gasteiger partial charge in [0, 0.05) is 18.5 Å². The van der Waals surface area contributed by atoms with E-state index in [-0.39, 0.29) is 12.3 Å². The number of carbonyl (C=O) groups is 1. The second kappa shape index (κ2) is 7.02. The predicted molar refractivity (Wildman–Crippen MR) is 78.6 cm³/mol. The van der Waals surface area contributed by atoms with Crippen LogP contribution in [0.3, 0.4) is 0 Å². The van der Waals surface area contributed by atoms with Gasteiger partial charge in [0.25, 0.3) is 0 Å². The van der Waals surface area contributed by atoms with E-state index in [2.05, 4.69) is 10.3 Å². The highest BCUT2D eigenvalue weighted by Crippen LogP contribution is 2.11. The highest BCUT2D eigenvalue weighted by atomic mass is 32.1. The number of carbonyl (C=O) groups excluding carboxylic acids is 1. The Hall–Kier alpha value is -1.92. The molecule has 0 radical (unpaired) electrons. The van der Waals surface area contributed by atoms with Crippen molar-refractivity contribution in [3.63, 3.8) is 0 Å². The van der Waals surface area contributed by atoms with Gasteiger partial charge in [-0.1, -0.05) is 12.1 Å². The third kappa shape index (κ3) is 4.04. The zero-order valence-corrected chi connectivity index (χ0v) is 12.1. The first-order chi connectivity index (χ1) is 9.71. The van der Waals surface area contributed by atoms with Crippen LogP contribution in [0.5, 0.6) is 5.75 Å². The summed E-state index contributed by atoms with van der Waals surface area (Å²) in [7, 11) is 1.63. The van der Waals surface area contributed by atoms with E-state index >= 15 is 0 Å². The molecule has 5 nitrogen and oxygen atoms in total. The Morgan fingerprint density at radius 2 is 2.15 bits per heavy atom. The molecule has 1 aromatic carbocycles. The maximum atomic E-state index is 11.8. The zero-order valence-electron chi connectivity index (χ0n) is 11.3. The first-order valence-corrected chi connectivity index (χ1v) is 7.12. The van der Waals surface area contributed by atoms with Crippen molar-refractivity contribution in [2.45, 2.75) is 19.5 Å². The summed E-state index contributed by atoms with van der Waals surface area (Å²) in [4.78, 5) is 16.1. The predicted octanol–water partition coefficient (Wildman–Crippen LogP) is 1.47. The number of nitrogens with one attached hydrogen (secondary N) is 1. The Labute approximate surface area is 121 Å². The van der Waals surface area contributed by atoms with E-state index in [9.17, 15) is 4.79 Å². The fraction of sp³-hybridized carbons (Fsp3) is 0.286. The molecule has 3 N–H and O–H groups in total. The van der Waals surface area contributed by atoms with Gasteiger partial charge in [0.1, 0.15) is 10.8 Å². The minimum atomic E-state index is -0.0466. The summed E-state index contributed by atoms with van der Waals surface area (Å²) in [6.45, 7) is 0.912. The van der Waals surface area contributed by atoms with E-state index in [1.54, 1.807) is 7.11 Å². The van der Waals surface area contributed by atoms with E-state index in [1.165, 1.54) is 11.3 Å². The molecule has 0 aliphatic carbocycles.